The summed E-state index contributed by atoms with van der Waals surface area (Å²) in [5.41, 5.74) is 0. The van der Waals surface area contributed by atoms with Crippen LogP contribution in [0.4, 0.5) is 4.79 Å². The van der Waals surface area contributed by atoms with Crippen LogP contribution in [0.1, 0.15) is 6.92 Å². The molecule has 0 aromatic heterocycles. The molecular weight excluding hydrogens is 162 g/mol. The third kappa shape index (κ3) is 5.52. The van der Waals surface area contributed by atoms with E-state index < -0.39 is 6.16 Å². The van der Waals surface area contributed by atoms with Crippen LogP contribution in [-0.4, -0.2) is 44.3 Å². The Kier molecular flexibility index (Phi) is 4.83. The lowest BCUT2D eigenvalue weighted by atomic mass is 10.7. The van der Waals surface area contributed by atoms with Gasteiger partial charge in [-0.1, -0.05) is 0 Å². The first-order valence-electron chi connectivity index (χ1n) is 3.51. The van der Waals surface area contributed by atoms with Gasteiger partial charge in [-0.25, -0.2) is 4.79 Å². The van der Waals surface area contributed by atoms with E-state index in [1.807, 2.05) is 0 Å². The number of carbonyl (C=O) groups is 2. The first kappa shape index (κ1) is 10.7. The number of nitrogens with zero attached hydrogens (tertiary/aromatic N) is 1. The first-order chi connectivity index (χ1) is 5.54. The quantitative estimate of drug-likeness (QED) is 0.495. The maximum atomic E-state index is 10.1. The van der Waals surface area contributed by atoms with Gasteiger partial charge in [0.25, 0.3) is 0 Å². The summed E-state index contributed by atoms with van der Waals surface area (Å²) >= 11 is 0. The number of amides is 1. The van der Waals surface area contributed by atoms with Gasteiger partial charge in [-0.3, -0.25) is 4.79 Å². The monoisotopic (exact) mass is 175 g/mol. The zero-order valence-corrected chi connectivity index (χ0v) is 7.49. The minimum atomic E-state index is -0.546. The Balaban J connectivity index is 0.000000202. The summed E-state index contributed by atoms with van der Waals surface area (Å²) in [7, 11) is 3.45. The molecule has 0 radical (unpaired) electrons. The molecule has 0 aliphatic carbocycles. The second kappa shape index (κ2) is 5.40. The Morgan fingerprint density at radius 1 is 1.33 bits per heavy atom. The van der Waals surface area contributed by atoms with Crippen molar-refractivity contribution in [2.75, 3.05) is 27.3 Å². The fourth-order valence-electron chi connectivity index (χ4n) is 0.292. The summed E-state index contributed by atoms with van der Waals surface area (Å²) in [5.74, 6) is 0.0926. The second-order valence-corrected chi connectivity index (χ2v) is 2.36. The van der Waals surface area contributed by atoms with Crippen LogP contribution < -0.4 is 0 Å². The van der Waals surface area contributed by atoms with Crippen LogP contribution in [0.2, 0.25) is 0 Å². The summed E-state index contributed by atoms with van der Waals surface area (Å²) in [5, 5.41) is 0. The summed E-state index contributed by atoms with van der Waals surface area (Å²) in [6.07, 6.45) is -0.546. The van der Waals surface area contributed by atoms with Gasteiger partial charge in [0, 0.05) is 21.0 Å². The van der Waals surface area contributed by atoms with Crippen molar-refractivity contribution in [2.45, 2.75) is 6.92 Å². The van der Waals surface area contributed by atoms with Gasteiger partial charge in [-0.05, 0) is 0 Å². The van der Waals surface area contributed by atoms with Crippen LogP contribution in [0.5, 0.6) is 0 Å². The number of hydrogen-bond donors (Lipinski definition) is 0. The number of rotatable bonds is 0. The zero-order valence-electron chi connectivity index (χ0n) is 7.49. The molecule has 5 heteroatoms. The minimum absolute atomic E-state index is 0.0926. The molecule has 1 aliphatic heterocycles. The molecule has 5 nitrogen and oxygen atoms in total. The molecule has 0 N–H and O–H groups in total. The molecule has 0 saturated carbocycles. The first-order valence-corrected chi connectivity index (χ1v) is 3.51. The number of cyclic esters (lactones) is 2. The van der Waals surface area contributed by atoms with Gasteiger partial charge in [0.15, 0.2) is 0 Å². The van der Waals surface area contributed by atoms with E-state index >= 15 is 0 Å². The van der Waals surface area contributed by atoms with Gasteiger partial charge in [0.1, 0.15) is 13.2 Å². The van der Waals surface area contributed by atoms with Crippen molar-refractivity contribution in [3.8, 4) is 0 Å². The zero-order chi connectivity index (χ0) is 9.56. The Morgan fingerprint density at radius 2 is 1.67 bits per heavy atom. The largest absolute Gasteiger partial charge is 0.508 e. The third-order valence-electron chi connectivity index (χ3n) is 1.15. The second-order valence-electron chi connectivity index (χ2n) is 2.36. The van der Waals surface area contributed by atoms with E-state index in [9.17, 15) is 9.59 Å². The third-order valence-corrected chi connectivity index (χ3v) is 1.15. The molecule has 1 aliphatic rings. The van der Waals surface area contributed by atoms with Gasteiger partial charge in [0.05, 0.1) is 0 Å². The highest BCUT2D eigenvalue weighted by atomic mass is 16.8. The maximum Gasteiger partial charge on any atom is 0.508 e. The normalized spacial score (nSPS) is 13.8. The van der Waals surface area contributed by atoms with Crippen LogP contribution in [0.25, 0.3) is 0 Å². The van der Waals surface area contributed by atoms with Crippen LogP contribution >= 0.6 is 0 Å². The highest BCUT2D eigenvalue weighted by Gasteiger charge is 2.09. The van der Waals surface area contributed by atoms with Crippen molar-refractivity contribution in [1.29, 1.82) is 0 Å². The van der Waals surface area contributed by atoms with Crippen LogP contribution in [0.15, 0.2) is 0 Å². The van der Waals surface area contributed by atoms with Crippen molar-refractivity contribution in [1.82, 2.24) is 4.90 Å². The topological polar surface area (TPSA) is 55.8 Å². The van der Waals surface area contributed by atoms with Crippen molar-refractivity contribution in [3.05, 3.63) is 0 Å². The van der Waals surface area contributed by atoms with Crippen molar-refractivity contribution in [2.24, 2.45) is 0 Å². The molecule has 12 heavy (non-hydrogen) atoms. The molecule has 0 spiro atoms. The average Bonchev–Trinajstić information content (AvgIpc) is 2.40. The van der Waals surface area contributed by atoms with Crippen LogP contribution in [0.3, 0.4) is 0 Å². The van der Waals surface area contributed by atoms with Gasteiger partial charge < -0.3 is 14.4 Å². The molecular formula is C7H13NO4. The molecule has 1 rings (SSSR count). The molecule has 0 aromatic rings. The van der Waals surface area contributed by atoms with E-state index in [0.29, 0.717) is 13.2 Å². The Labute approximate surface area is 71.2 Å². The minimum Gasteiger partial charge on any atom is -0.431 e. The molecule has 1 saturated heterocycles. The van der Waals surface area contributed by atoms with E-state index in [2.05, 4.69) is 9.47 Å². The SMILES string of the molecule is CC(=O)N(C)C.O=C1OCCO1. The Bertz CT molecular complexity index is 157. The Hall–Kier alpha value is -1.26. The maximum absolute atomic E-state index is 10.1. The summed E-state index contributed by atoms with van der Waals surface area (Å²) in [4.78, 5) is 21.4. The standard InChI is InChI=1S/C4H9NO.C3H4O3/c1-4(6)5(2)3;4-3-5-1-2-6-3/h1-3H3;1-2H2. The number of hydrogen-bond acceptors (Lipinski definition) is 4. The van der Waals surface area contributed by atoms with Crippen molar-refractivity contribution < 1.29 is 19.1 Å². The highest BCUT2D eigenvalue weighted by Crippen LogP contribution is 1.92. The predicted octanol–water partition coefficient (Wildman–Crippen LogP) is 0.248. The molecule has 0 bridgehead atoms. The van der Waals surface area contributed by atoms with Crippen molar-refractivity contribution in [3.63, 3.8) is 0 Å². The molecule has 1 heterocycles. The van der Waals surface area contributed by atoms with Crippen LogP contribution in [0, 0.1) is 0 Å². The molecule has 1 fully saturated rings. The van der Waals surface area contributed by atoms with E-state index in [4.69, 9.17) is 0 Å². The van der Waals surface area contributed by atoms with Gasteiger partial charge in [0.2, 0.25) is 5.91 Å². The molecule has 1 amide bonds. The molecule has 0 atom stereocenters. The van der Waals surface area contributed by atoms with E-state index in [0.717, 1.165) is 0 Å². The molecule has 0 aromatic carbocycles. The smallest absolute Gasteiger partial charge is 0.431 e. The van der Waals surface area contributed by atoms with Gasteiger partial charge >= 0.3 is 6.16 Å². The van der Waals surface area contributed by atoms with Gasteiger partial charge in [-0.15, -0.1) is 0 Å². The predicted molar refractivity (Wildman–Crippen MR) is 41.7 cm³/mol. The van der Waals surface area contributed by atoms with Crippen LogP contribution in [-0.2, 0) is 14.3 Å². The van der Waals surface area contributed by atoms with Crippen molar-refractivity contribution >= 4 is 12.1 Å². The number of ether oxygens (including phenoxy) is 2. The summed E-state index contributed by atoms with van der Waals surface area (Å²) < 4.78 is 8.58. The fraction of sp³-hybridized carbons (Fsp3) is 0.714. The van der Waals surface area contributed by atoms with E-state index in [1.165, 1.54) is 11.8 Å². The fourth-order valence-corrected chi connectivity index (χ4v) is 0.292. The van der Waals surface area contributed by atoms with E-state index in [1.54, 1.807) is 14.1 Å². The summed E-state index contributed by atoms with van der Waals surface area (Å²) in [6, 6.07) is 0. The summed E-state index contributed by atoms with van der Waals surface area (Å²) in [6.45, 7) is 2.36. The molecule has 70 valence electrons. The molecule has 0 unspecified atom stereocenters. The Morgan fingerprint density at radius 3 is 1.75 bits per heavy atom. The van der Waals surface area contributed by atoms with Gasteiger partial charge in [-0.2, -0.15) is 0 Å². The lowest BCUT2D eigenvalue weighted by Crippen LogP contribution is -2.17. The average molecular weight is 175 g/mol. The lowest BCUT2D eigenvalue weighted by molar-refractivity contribution is -0.126. The van der Waals surface area contributed by atoms with E-state index in [-0.39, 0.29) is 5.91 Å². The number of carbonyl (C=O) groups excluding carboxylic acids is 2. The highest BCUT2D eigenvalue weighted by molar-refractivity contribution is 5.72. The lowest BCUT2D eigenvalue weighted by Gasteiger charge is -2.02.